The monoisotopic (exact) mass is 287 g/mol. The molecular formula is C17H25N3O. The molecule has 2 unspecified atom stereocenters. The van der Waals surface area contributed by atoms with Crippen molar-refractivity contribution in [3.63, 3.8) is 0 Å². The van der Waals surface area contributed by atoms with Crippen LogP contribution in [0.3, 0.4) is 0 Å². The van der Waals surface area contributed by atoms with E-state index >= 15 is 0 Å². The molecule has 1 aromatic rings. The highest BCUT2D eigenvalue weighted by Crippen LogP contribution is 2.35. The molecule has 1 amide bonds. The van der Waals surface area contributed by atoms with Gasteiger partial charge in [-0.1, -0.05) is 32.4 Å². The number of benzene rings is 1. The Morgan fingerprint density at radius 3 is 2.81 bits per heavy atom. The molecule has 1 heterocycles. The summed E-state index contributed by atoms with van der Waals surface area (Å²) in [6.07, 6.45) is 4.65. The van der Waals surface area contributed by atoms with Crippen LogP contribution < -0.4 is 16.0 Å². The number of hydrogen-bond donors (Lipinski definition) is 3. The SMILES string of the molecule is CC1(C)CCCC(NC(=O)C2CNc3ccccc3N2)C1. The first-order chi connectivity index (χ1) is 10.0. The topological polar surface area (TPSA) is 53.2 Å². The van der Waals surface area contributed by atoms with Crippen LogP contribution >= 0.6 is 0 Å². The van der Waals surface area contributed by atoms with Gasteiger partial charge in [0.1, 0.15) is 6.04 Å². The predicted molar refractivity (Wildman–Crippen MR) is 86.5 cm³/mol. The van der Waals surface area contributed by atoms with Crippen molar-refractivity contribution in [3.05, 3.63) is 24.3 Å². The van der Waals surface area contributed by atoms with Gasteiger partial charge in [-0.3, -0.25) is 4.79 Å². The van der Waals surface area contributed by atoms with Gasteiger partial charge in [-0.15, -0.1) is 0 Å². The Kier molecular flexibility index (Phi) is 3.79. The maximum Gasteiger partial charge on any atom is 0.244 e. The Bertz CT molecular complexity index is 527. The van der Waals surface area contributed by atoms with Crippen LogP contribution in [-0.4, -0.2) is 24.5 Å². The van der Waals surface area contributed by atoms with Gasteiger partial charge in [-0.05, 0) is 36.8 Å². The molecule has 0 bridgehead atoms. The standard InChI is InChI=1S/C17H25N3O/c1-17(2)9-5-6-12(10-17)19-16(21)15-11-18-13-7-3-4-8-14(13)20-15/h3-4,7-8,12,15,18,20H,5-6,9-11H2,1-2H3,(H,19,21). The zero-order valence-electron chi connectivity index (χ0n) is 12.9. The highest BCUT2D eigenvalue weighted by Gasteiger charge is 2.31. The third kappa shape index (κ3) is 3.31. The molecule has 0 radical (unpaired) electrons. The molecular weight excluding hydrogens is 262 g/mol. The molecule has 3 rings (SSSR count). The van der Waals surface area contributed by atoms with E-state index in [4.69, 9.17) is 0 Å². The molecule has 1 aliphatic heterocycles. The van der Waals surface area contributed by atoms with E-state index in [0.717, 1.165) is 24.2 Å². The number of carbonyl (C=O) groups excluding carboxylic acids is 1. The van der Waals surface area contributed by atoms with Crippen LogP contribution in [0.5, 0.6) is 0 Å². The van der Waals surface area contributed by atoms with Crippen molar-refractivity contribution in [2.45, 2.75) is 51.6 Å². The molecule has 3 N–H and O–H groups in total. The summed E-state index contributed by atoms with van der Waals surface area (Å²) in [4.78, 5) is 12.5. The molecule has 1 saturated carbocycles. The van der Waals surface area contributed by atoms with Crippen LogP contribution in [-0.2, 0) is 4.79 Å². The van der Waals surface area contributed by atoms with Gasteiger partial charge in [0.05, 0.1) is 11.4 Å². The number of amides is 1. The Morgan fingerprint density at radius 2 is 2.05 bits per heavy atom. The van der Waals surface area contributed by atoms with Gasteiger partial charge in [0.15, 0.2) is 0 Å². The zero-order chi connectivity index (χ0) is 14.9. The van der Waals surface area contributed by atoms with Gasteiger partial charge < -0.3 is 16.0 Å². The number of anilines is 2. The van der Waals surface area contributed by atoms with E-state index in [1.54, 1.807) is 0 Å². The smallest absolute Gasteiger partial charge is 0.244 e. The van der Waals surface area contributed by atoms with Crippen molar-refractivity contribution in [2.75, 3.05) is 17.2 Å². The van der Waals surface area contributed by atoms with Crippen molar-refractivity contribution >= 4 is 17.3 Å². The van der Waals surface area contributed by atoms with Gasteiger partial charge in [0.25, 0.3) is 0 Å². The summed E-state index contributed by atoms with van der Waals surface area (Å²) in [6.45, 7) is 5.23. The molecule has 4 heteroatoms. The van der Waals surface area contributed by atoms with Crippen LogP contribution in [0.25, 0.3) is 0 Å². The summed E-state index contributed by atoms with van der Waals surface area (Å²) in [5, 5.41) is 9.89. The van der Waals surface area contributed by atoms with E-state index in [-0.39, 0.29) is 11.9 Å². The largest absolute Gasteiger partial charge is 0.381 e. The summed E-state index contributed by atoms with van der Waals surface area (Å²) in [5.74, 6) is 0.111. The lowest BCUT2D eigenvalue weighted by Crippen LogP contribution is -2.50. The van der Waals surface area contributed by atoms with Crippen LogP contribution in [0, 0.1) is 5.41 Å². The average molecular weight is 287 g/mol. The van der Waals surface area contributed by atoms with Gasteiger partial charge in [0, 0.05) is 12.6 Å². The number of nitrogens with one attached hydrogen (secondary N) is 3. The third-order valence-corrected chi connectivity index (χ3v) is 4.62. The maximum absolute atomic E-state index is 12.5. The van der Waals surface area contributed by atoms with Crippen LogP contribution in [0.4, 0.5) is 11.4 Å². The van der Waals surface area contributed by atoms with E-state index in [1.807, 2.05) is 24.3 Å². The van der Waals surface area contributed by atoms with E-state index in [0.29, 0.717) is 18.0 Å². The molecule has 1 aromatic carbocycles. The lowest BCUT2D eigenvalue weighted by Gasteiger charge is -2.36. The normalized spacial score (nSPS) is 27.0. The van der Waals surface area contributed by atoms with Crippen LogP contribution in [0.2, 0.25) is 0 Å². The second-order valence-electron chi connectivity index (χ2n) is 7.09. The first-order valence-electron chi connectivity index (χ1n) is 7.93. The molecule has 4 nitrogen and oxygen atoms in total. The van der Waals surface area contributed by atoms with E-state index in [2.05, 4.69) is 29.8 Å². The van der Waals surface area contributed by atoms with E-state index in [1.165, 1.54) is 12.8 Å². The fraction of sp³-hybridized carbons (Fsp3) is 0.588. The minimum Gasteiger partial charge on any atom is -0.381 e. The van der Waals surface area contributed by atoms with Crippen molar-refractivity contribution in [1.82, 2.24) is 5.32 Å². The quantitative estimate of drug-likeness (QED) is 0.784. The molecule has 2 aliphatic rings. The summed E-state index contributed by atoms with van der Waals surface area (Å²) in [6, 6.07) is 8.14. The van der Waals surface area contributed by atoms with Gasteiger partial charge in [-0.2, -0.15) is 0 Å². The lowest BCUT2D eigenvalue weighted by atomic mass is 9.75. The summed E-state index contributed by atoms with van der Waals surface area (Å²) >= 11 is 0. The lowest BCUT2D eigenvalue weighted by molar-refractivity contribution is -0.122. The van der Waals surface area contributed by atoms with Gasteiger partial charge in [0.2, 0.25) is 5.91 Å². The van der Waals surface area contributed by atoms with E-state index < -0.39 is 0 Å². The molecule has 1 fully saturated rings. The Labute approximate surface area is 126 Å². The first kappa shape index (κ1) is 14.2. The second kappa shape index (κ2) is 5.58. The predicted octanol–water partition coefficient (Wildman–Crippen LogP) is 2.98. The zero-order valence-corrected chi connectivity index (χ0v) is 12.9. The van der Waals surface area contributed by atoms with Crippen LogP contribution in [0.1, 0.15) is 39.5 Å². The highest BCUT2D eigenvalue weighted by molar-refractivity contribution is 5.88. The Morgan fingerprint density at radius 1 is 1.29 bits per heavy atom. The minimum atomic E-state index is -0.190. The van der Waals surface area contributed by atoms with Gasteiger partial charge >= 0.3 is 0 Å². The summed E-state index contributed by atoms with van der Waals surface area (Å²) in [5.41, 5.74) is 2.43. The molecule has 0 spiro atoms. The van der Waals surface area contributed by atoms with E-state index in [9.17, 15) is 4.79 Å². The van der Waals surface area contributed by atoms with Gasteiger partial charge in [-0.25, -0.2) is 0 Å². The summed E-state index contributed by atoms with van der Waals surface area (Å²) < 4.78 is 0. The highest BCUT2D eigenvalue weighted by atomic mass is 16.2. The van der Waals surface area contributed by atoms with Crippen molar-refractivity contribution in [1.29, 1.82) is 0 Å². The fourth-order valence-corrected chi connectivity index (χ4v) is 3.50. The number of hydrogen-bond acceptors (Lipinski definition) is 3. The fourth-order valence-electron chi connectivity index (χ4n) is 3.50. The Balaban J connectivity index is 1.59. The maximum atomic E-state index is 12.5. The number of carbonyl (C=O) groups is 1. The van der Waals surface area contributed by atoms with Crippen molar-refractivity contribution in [3.8, 4) is 0 Å². The molecule has 2 atom stereocenters. The molecule has 114 valence electrons. The molecule has 0 aromatic heterocycles. The minimum absolute atomic E-state index is 0.111. The first-order valence-corrected chi connectivity index (χ1v) is 7.93. The number of para-hydroxylation sites is 2. The third-order valence-electron chi connectivity index (χ3n) is 4.62. The average Bonchev–Trinajstić information content (AvgIpc) is 2.45. The second-order valence-corrected chi connectivity index (χ2v) is 7.09. The Hall–Kier alpha value is -1.71. The molecule has 21 heavy (non-hydrogen) atoms. The van der Waals surface area contributed by atoms with Crippen LogP contribution in [0.15, 0.2) is 24.3 Å². The molecule has 1 aliphatic carbocycles. The van der Waals surface area contributed by atoms with Crippen molar-refractivity contribution < 1.29 is 4.79 Å². The number of fused-ring (bicyclic) bond motifs is 1. The summed E-state index contributed by atoms with van der Waals surface area (Å²) in [7, 11) is 0. The van der Waals surface area contributed by atoms with Crippen molar-refractivity contribution in [2.24, 2.45) is 5.41 Å². The number of rotatable bonds is 2. The molecule has 0 saturated heterocycles.